The van der Waals surface area contributed by atoms with Crippen LogP contribution in [0.4, 0.5) is 0 Å². The first-order valence-corrected chi connectivity index (χ1v) is 23.3. The maximum atomic E-state index is 11.5. The van der Waals surface area contributed by atoms with Crippen molar-refractivity contribution in [2.24, 2.45) is 52.3 Å². The molecular weight excluding hydrogens is 816 g/mol. The van der Waals surface area contributed by atoms with Crippen LogP contribution in [0.5, 0.6) is 0 Å². The Hall–Kier alpha value is -0.720. The van der Waals surface area contributed by atoms with E-state index < -0.39 is 118 Å². The molecule has 3 unspecified atom stereocenters. The lowest BCUT2D eigenvalue weighted by Crippen LogP contribution is -2.67. The average Bonchev–Trinajstić information content (AvgIpc) is 3.69. The van der Waals surface area contributed by atoms with Crippen molar-refractivity contribution < 1.29 is 89.0 Å². The average molecular weight is 889 g/mol. The van der Waals surface area contributed by atoms with Crippen molar-refractivity contribution in [3.63, 3.8) is 0 Å². The van der Waals surface area contributed by atoms with Crippen LogP contribution >= 0.6 is 0 Å². The van der Waals surface area contributed by atoms with Gasteiger partial charge in [-0.1, -0.05) is 27.7 Å². The van der Waals surface area contributed by atoms with Crippen LogP contribution in [-0.2, 0) is 37.9 Å². The molecule has 1 spiro atoms. The quantitative estimate of drug-likeness (QED) is 0.129. The molecule has 0 aromatic heterocycles. The number of fused-ring (bicyclic) bond motifs is 7. The summed E-state index contributed by atoms with van der Waals surface area (Å²) in [6.07, 6.45) is -14.5. The topological polar surface area (TPSA) is 276 Å². The number of hydrogen-bond acceptors (Lipinski definition) is 18. The van der Waals surface area contributed by atoms with E-state index in [9.17, 15) is 51.1 Å². The van der Waals surface area contributed by atoms with Crippen LogP contribution in [0.3, 0.4) is 0 Å². The maximum absolute atomic E-state index is 11.5. The molecule has 0 amide bonds. The van der Waals surface area contributed by atoms with Crippen molar-refractivity contribution in [2.75, 3.05) is 26.4 Å². The van der Waals surface area contributed by atoms with E-state index in [2.05, 4.69) is 20.8 Å². The summed E-state index contributed by atoms with van der Waals surface area (Å²) in [5, 5.41) is 106. The van der Waals surface area contributed by atoms with Crippen LogP contribution in [0.25, 0.3) is 0 Å². The van der Waals surface area contributed by atoms with Crippen molar-refractivity contribution in [2.45, 2.75) is 196 Å². The lowest BCUT2D eigenvalue weighted by molar-refractivity contribution is -0.392. The van der Waals surface area contributed by atoms with Crippen LogP contribution in [0.2, 0.25) is 0 Å². The van der Waals surface area contributed by atoms with Crippen LogP contribution in [0.15, 0.2) is 0 Å². The van der Waals surface area contributed by atoms with Gasteiger partial charge in [-0.3, -0.25) is 0 Å². The molecule has 9 aliphatic rings. The molecule has 18 heteroatoms. The Morgan fingerprint density at radius 3 is 2.02 bits per heavy atom. The van der Waals surface area contributed by atoms with Gasteiger partial charge >= 0.3 is 0 Å². The first-order chi connectivity index (χ1) is 29.4. The van der Waals surface area contributed by atoms with Gasteiger partial charge in [-0.2, -0.15) is 0 Å². The summed E-state index contributed by atoms with van der Waals surface area (Å²) in [5.41, 5.74) is 0.171. The monoisotopic (exact) mass is 888 g/mol. The van der Waals surface area contributed by atoms with E-state index in [1.807, 2.05) is 6.92 Å². The minimum atomic E-state index is -1.83. The maximum Gasteiger partial charge on any atom is 0.187 e. The van der Waals surface area contributed by atoms with Gasteiger partial charge in [-0.05, 0) is 91.8 Å². The minimum Gasteiger partial charge on any atom is -0.394 e. The highest BCUT2D eigenvalue weighted by Gasteiger charge is 2.70. The minimum absolute atomic E-state index is 0.0528. The molecule has 5 aliphatic heterocycles. The van der Waals surface area contributed by atoms with Gasteiger partial charge in [0.1, 0.15) is 67.1 Å². The molecule has 5 heterocycles. The van der Waals surface area contributed by atoms with Gasteiger partial charge in [0.2, 0.25) is 0 Å². The van der Waals surface area contributed by atoms with Crippen LogP contribution in [0.1, 0.15) is 85.5 Å². The van der Waals surface area contributed by atoms with Crippen molar-refractivity contribution in [1.82, 2.24) is 0 Å². The normalized spacial score (nSPS) is 58.9. The summed E-state index contributed by atoms with van der Waals surface area (Å²) in [7, 11) is 0. The zero-order valence-corrected chi connectivity index (χ0v) is 36.3. The number of rotatable bonds is 8. The summed E-state index contributed by atoms with van der Waals surface area (Å²) in [4.78, 5) is 0. The molecule has 18 nitrogen and oxygen atoms in total. The van der Waals surface area contributed by atoms with Crippen molar-refractivity contribution >= 4 is 0 Å². The van der Waals surface area contributed by atoms with E-state index in [4.69, 9.17) is 37.9 Å². The Kier molecular flexibility index (Phi) is 13.0. The fraction of sp³-hybridized carbons (Fsp3) is 1.00. The summed E-state index contributed by atoms with van der Waals surface area (Å²) in [5.74, 6) is 1.87. The third kappa shape index (κ3) is 7.55. The highest BCUT2D eigenvalue weighted by molar-refractivity contribution is 5.16. The Balaban J connectivity index is 0.916. The highest BCUT2D eigenvalue weighted by Crippen LogP contribution is 2.71. The van der Waals surface area contributed by atoms with Crippen LogP contribution < -0.4 is 0 Å². The van der Waals surface area contributed by atoms with Gasteiger partial charge in [-0.25, -0.2) is 0 Å². The second kappa shape index (κ2) is 17.4. The van der Waals surface area contributed by atoms with Crippen molar-refractivity contribution in [1.29, 1.82) is 0 Å². The molecule has 356 valence electrons. The fourth-order valence-corrected chi connectivity index (χ4v) is 14.4. The molecule has 0 aromatic carbocycles. The zero-order chi connectivity index (χ0) is 44.2. The van der Waals surface area contributed by atoms with E-state index in [0.29, 0.717) is 55.5 Å². The number of hydrogen-bond donors (Lipinski definition) is 10. The molecule has 9 fully saturated rings. The molecule has 62 heavy (non-hydrogen) atoms. The summed E-state index contributed by atoms with van der Waals surface area (Å²) in [6, 6.07) is 0. The standard InChI is InChI=1S/C44H72O18/c1-18-16-56-44(13-25(18)47)19(2)30-27(62-44)12-24-22-6-5-20-11-21(7-9-42(20,3)23(22)8-10-43(24,30)4)57-41-38(61-40-36(54)34(52)32(50)28(14-45)58-40)37(33(51)29(15-46)59-41)60-39-35(53)31(49)26(48)17-55-39/h18-41,45-54H,5-17H2,1-4H3/t18-,19?,20-,21+,22-,23+,24+,25+,26+,27?,28-,29-,30?,31+,32-,33+,34+,35-,36-,37+,38-,39+,40+,41-,42+,43+,44-/m1/s1. The molecule has 9 rings (SSSR count). The van der Waals surface area contributed by atoms with Gasteiger partial charge in [0, 0.05) is 18.3 Å². The first kappa shape index (κ1) is 46.4. The van der Waals surface area contributed by atoms with E-state index >= 15 is 0 Å². The molecule has 4 aliphatic carbocycles. The third-order valence-corrected chi connectivity index (χ3v) is 18.0. The zero-order valence-electron chi connectivity index (χ0n) is 36.3. The molecule has 5 saturated heterocycles. The molecule has 0 bridgehead atoms. The van der Waals surface area contributed by atoms with Crippen LogP contribution in [-0.4, -0.2) is 188 Å². The van der Waals surface area contributed by atoms with Gasteiger partial charge in [0.05, 0.1) is 44.7 Å². The van der Waals surface area contributed by atoms with Crippen molar-refractivity contribution in [3.8, 4) is 0 Å². The summed E-state index contributed by atoms with van der Waals surface area (Å²) < 4.78 is 49.8. The number of aliphatic hydroxyl groups excluding tert-OH is 10. The van der Waals surface area contributed by atoms with E-state index in [1.165, 1.54) is 0 Å². The predicted octanol–water partition coefficient (Wildman–Crippen LogP) is -1.12. The Morgan fingerprint density at radius 2 is 1.29 bits per heavy atom. The number of ether oxygens (including phenoxy) is 8. The molecular formula is C44H72O18. The van der Waals surface area contributed by atoms with Crippen molar-refractivity contribution in [3.05, 3.63) is 0 Å². The van der Waals surface area contributed by atoms with Gasteiger partial charge < -0.3 is 89.0 Å². The predicted molar refractivity (Wildman–Crippen MR) is 211 cm³/mol. The van der Waals surface area contributed by atoms with Gasteiger partial charge in [0.25, 0.3) is 0 Å². The smallest absolute Gasteiger partial charge is 0.187 e. The van der Waals surface area contributed by atoms with Gasteiger partial charge in [-0.15, -0.1) is 0 Å². The molecule has 27 atom stereocenters. The van der Waals surface area contributed by atoms with E-state index in [0.717, 1.165) is 38.5 Å². The Labute approximate surface area is 362 Å². The Bertz CT molecular complexity index is 1560. The van der Waals surface area contributed by atoms with E-state index in [1.54, 1.807) is 0 Å². The molecule has 0 aromatic rings. The summed E-state index contributed by atoms with van der Waals surface area (Å²) >= 11 is 0. The van der Waals surface area contributed by atoms with Gasteiger partial charge in [0.15, 0.2) is 24.7 Å². The lowest BCUT2D eigenvalue weighted by Gasteiger charge is -2.61. The third-order valence-electron chi connectivity index (χ3n) is 18.0. The fourth-order valence-electron chi connectivity index (χ4n) is 14.4. The molecule has 10 N–H and O–H groups in total. The largest absolute Gasteiger partial charge is 0.394 e. The number of aliphatic hydroxyl groups is 10. The summed E-state index contributed by atoms with van der Waals surface area (Å²) in [6.45, 7) is 7.96. The second-order valence-electron chi connectivity index (χ2n) is 21.2. The first-order valence-electron chi connectivity index (χ1n) is 23.3. The molecule has 4 saturated carbocycles. The van der Waals surface area contributed by atoms with Crippen LogP contribution in [0, 0.1) is 52.3 Å². The molecule has 0 radical (unpaired) electrons. The highest BCUT2D eigenvalue weighted by atomic mass is 16.8. The SMILES string of the molecule is CC1C2C(C[C@H]3[C@@H]4CC[C@@H]5C[C@@H](O[C@@H]6O[C@H](CO)[C@H](O)[C@H](O[C@@H]7OC[C@H](O)[C@H](O)[C@H]7O)[C@H]6O[C@@H]6O[C@H](CO)[C@@H](O)[C@H](O)[C@H]6O)CC[C@]5(C)[C@H]4CC[C@]23C)O[C@]12C[C@H](O)[C@H](C)CO2. The second-order valence-corrected chi connectivity index (χ2v) is 21.2. The Morgan fingerprint density at radius 1 is 0.613 bits per heavy atom. The van der Waals surface area contributed by atoms with E-state index in [-0.39, 0.29) is 34.9 Å². The lowest BCUT2D eigenvalue weighted by atomic mass is 9.44.